The molecule has 1 aromatic rings. The number of piperidine rings is 1. The zero-order chi connectivity index (χ0) is 18.6. The van der Waals surface area contributed by atoms with E-state index in [2.05, 4.69) is 10.2 Å². The van der Waals surface area contributed by atoms with Crippen molar-refractivity contribution in [3.05, 3.63) is 35.6 Å². The fourth-order valence-electron chi connectivity index (χ4n) is 3.75. The Balaban J connectivity index is 1.41. The topological polar surface area (TPSA) is 58.6 Å². The number of Topliss-reactive ketones (excluding diaryl/α,β-unsaturated/α-hetero) is 1. The van der Waals surface area contributed by atoms with Gasteiger partial charge in [-0.2, -0.15) is 0 Å². The lowest BCUT2D eigenvalue weighted by Crippen LogP contribution is -2.60. The first-order valence-corrected chi connectivity index (χ1v) is 9.48. The van der Waals surface area contributed by atoms with Gasteiger partial charge in [0.05, 0.1) is 5.60 Å². The summed E-state index contributed by atoms with van der Waals surface area (Å²) in [6, 6.07) is 5.73. The van der Waals surface area contributed by atoms with Crippen molar-refractivity contribution in [1.29, 1.82) is 0 Å². The number of likely N-dealkylation sites (tertiary alicyclic amines) is 1. The lowest BCUT2D eigenvalue weighted by molar-refractivity contribution is -0.170. The normalized spacial score (nSPS) is 23.0. The molecular formula is C20H27FN2O3. The van der Waals surface area contributed by atoms with Crippen LogP contribution in [0.1, 0.15) is 49.4 Å². The molecule has 1 N–H and O–H groups in total. The van der Waals surface area contributed by atoms with Crippen LogP contribution in [0.15, 0.2) is 24.3 Å². The number of nitrogens with one attached hydrogen (secondary N) is 1. The fourth-order valence-corrected chi connectivity index (χ4v) is 3.75. The van der Waals surface area contributed by atoms with Crippen LogP contribution >= 0.6 is 0 Å². The van der Waals surface area contributed by atoms with E-state index in [1.807, 2.05) is 6.92 Å². The fraction of sp³-hybridized carbons (Fsp3) is 0.600. The van der Waals surface area contributed by atoms with Crippen LogP contribution in [-0.2, 0) is 9.53 Å². The van der Waals surface area contributed by atoms with Gasteiger partial charge in [0.2, 0.25) is 5.91 Å². The van der Waals surface area contributed by atoms with Crippen LogP contribution in [0, 0.1) is 5.82 Å². The summed E-state index contributed by atoms with van der Waals surface area (Å²) in [5, 5.41) is 2.98. The smallest absolute Gasteiger partial charge is 0.249 e. The Hall–Kier alpha value is -1.79. The molecule has 26 heavy (non-hydrogen) atoms. The van der Waals surface area contributed by atoms with Crippen molar-refractivity contribution in [3.8, 4) is 0 Å². The highest BCUT2D eigenvalue weighted by molar-refractivity contribution is 5.95. The molecule has 6 heteroatoms. The van der Waals surface area contributed by atoms with Crippen molar-refractivity contribution in [3.63, 3.8) is 0 Å². The predicted molar refractivity (Wildman–Crippen MR) is 96.5 cm³/mol. The molecular weight excluding hydrogens is 335 g/mol. The average molecular weight is 362 g/mol. The molecule has 5 nitrogen and oxygen atoms in total. The summed E-state index contributed by atoms with van der Waals surface area (Å²) in [7, 11) is 0. The number of ketones is 1. The first-order valence-electron chi connectivity index (χ1n) is 9.48. The standard InChI is InChI=1S/C20H27FN2O3/c1-2-18-19(25)22-14-20(26-18)9-12-23(13-10-20)11-3-4-17(24)15-5-7-16(21)8-6-15/h5-8,18H,2-4,9-14H2,1H3,(H,22,25). The summed E-state index contributed by atoms with van der Waals surface area (Å²) in [6.07, 6.45) is 3.42. The number of ether oxygens (including phenoxy) is 1. The zero-order valence-corrected chi connectivity index (χ0v) is 15.3. The summed E-state index contributed by atoms with van der Waals surface area (Å²) < 4.78 is 19.0. The Morgan fingerprint density at radius 2 is 2.00 bits per heavy atom. The Bertz CT molecular complexity index is 639. The minimum Gasteiger partial charge on any atom is -0.360 e. The molecule has 2 aliphatic rings. The minimum absolute atomic E-state index is 0.000129. The predicted octanol–water partition coefficient (Wildman–Crippen LogP) is 2.55. The molecule has 1 aromatic carbocycles. The summed E-state index contributed by atoms with van der Waals surface area (Å²) in [5.41, 5.74) is 0.343. The second-order valence-corrected chi connectivity index (χ2v) is 7.29. The van der Waals surface area contributed by atoms with Gasteiger partial charge in [-0.15, -0.1) is 0 Å². The lowest BCUT2D eigenvalue weighted by atomic mass is 9.89. The number of amides is 1. The molecule has 2 aliphatic heterocycles. The van der Waals surface area contributed by atoms with E-state index in [-0.39, 0.29) is 29.2 Å². The third-order valence-corrected chi connectivity index (χ3v) is 5.45. The van der Waals surface area contributed by atoms with Gasteiger partial charge in [0, 0.05) is 31.6 Å². The van der Waals surface area contributed by atoms with Crippen LogP contribution in [0.2, 0.25) is 0 Å². The van der Waals surface area contributed by atoms with Gasteiger partial charge in [0.15, 0.2) is 5.78 Å². The van der Waals surface area contributed by atoms with Crippen LogP contribution in [0.3, 0.4) is 0 Å². The Kier molecular flexibility index (Phi) is 6.04. The van der Waals surface area contributed by atoms with Gasteiger partial charge < -0.3 is 15.0 Å². The molecule has 0 bridgehead atoms. The SMILES string of the molecule is CCC1OC2(CCN(CCCC(=O)c3ccc(F)cc3)CC2)CNC1=O. The number of carbonyl (C=O) groups excluding carboxylic acids is 2. The monoisotopic (exact) mass is 362 g/mol. The first-order chi connectivity index (χ1) is 12.5. The molecule has 1 spiro atoms. The molecule has 0 aromatic heterocycles. The van der Waals surface area contributed by atoms with E-state index < -0.39 is 0 Å². The Morgan fingerprint density at radius 3 is 2.65 bits per heavy atom. The number of rotatable bonds is 6. The number of carbonyl (C=O) groups is 2. The number of morpholine rings is 1. The molecule has 1 amide bonds. The molecule has 0 radical (unpaired) electrons. The molecule has 0 aliphatic carbocycles. The van der Waals surface area contributed by atoms with Gasteiger partial charge in [-0.25, -0.2) is 4.39 Å². The van der Waals surface area contributed by atoms with Gasteiger partial charge in [-0.3, -0.25) is 9.59 Å². The van der Waals surface area contributed by atoms with Gasteiger partial charge in [0.1, 0.15) is 11.9 Å². The van der Waals surface area contributed by atoms with Crippen LogP contribution in [0.5, 0.6) is 0 Å². The van der Waals surface area contributed by atoms with Crippen LogP contribution < -0.4 is 5.32 Å². The maximum Gasteiger partial charge on any atom is 0.249 e. The molecule has 3 rings (SSSR count). The van der Waals surface area contributed by atoms with E-state index in [9.17, 15) is 14.0 Å². The van der Waals surface area contributed by atoms with Crippen molar-refractivity contribution in [1.82, 2.24) is 10.2 Å². The zero-order valence-electron chi connectivity index (χ0n) is 15.3. The van der Waals surface area contributed by atoms with Gasteiger partial charge in [-0.1, -0.05) is 6.92 Å². The van der Waals surface area contributed by atoms with Crippen molar-refractivity contribution >= 4 is 11.7 Å². The van der Waals surface area contributed by atoms with Crippen molar-refractivity contribution < 1.29 is 18.7 Å². The van der Waals surface area contributed by atoms with E-state index in [0.29, 0.717) is 24.9 Å². The number of benzene rings is 1. The minimum atomic E-state index is -0.330. The average Bonchev–Trinajstić information content (AvgIpc) is 2.66. The van der Waals surface area contributed by atoms with Gasteiger partial charge in [0.25, 0.3) is 0 Å². The Morgan fingerprint density at radius 1 is 1.31 bits per heavy atom. The number of hydrogen-bond donors (Lipinski definition) is 1. The van der Waals surface area contributed by atoms with Crippen LogP contribution in [0.25, 0.3) is 0 Å². The number of nitrogens with zero attached hydrogens (tertiary/aromatic N) is 1. The lowest BCUT2D eigenvalue weighted by Gasteiger charge is -2.46. The quantitative estimate of drug-likeness (QED) is 0.790. The molecule has 2 saturated heterocycles. The van der Waals surface area contributed by atoms with E-state index in [0.717, 1.165) is 38.9 Å². The maximum absolute atomic E-state index is 12.9. The van der Waals surface area contributed by atoms with Crippen LogP contribution in [0.4, 0.5) is 4.39 Å². The van der Waals surface area contributed by atoms with Crippen molar-refractivity contribution in [2.24, 2.45) is 0 Å². The van der Waals surface area contributed by atoms with E-state index in [4.69, 9.17) is 4.74 Å². The van der Waals surface area contributed by atoms with Gasteiger partial charge >= 0.3 is 0 Å². The largest absolute Gasteiger partial charge is 0.360 e. The highest BCUT2D eigenvalue weighted by Crippen LogP contribution is 2.30. The van der Waals surface area contributed by atoms with Crippen LogP contribution in [-0.4, -0.2) is 54.5 Å². The highest BCUT2D eigenvalue weighted by atomic mass is 19.1. The van der Waals surface area contributed by atoms with E-state index in [1.54, 1.807) is 12.1 Å². The highest BCUT2D eigenvalue weighted by Gasteiger charge is 2.42. The molecule has 1 atom stereocenters. The maximum atomic E-state index is 12.9. The third kappa shape index (κ3) is 4.48. The van der Waals surface area contributed by atoms with Gasteiger partial charge in [-0.05, 0) is 56.5 Å². The molecule has 2 heterocycles. The molecule has 1 unspecified atom stereocenters. The molecule has 0 saturated carbocycles. The van der Waals surface area contributed by atoms with E-state index in [1.165, 1.54) is 12.1 Å². The Labute approximate surface area is 153 Å². The summed E-state index contributed by atoms with van der Waals surface area (Å²) in [6.45, 7) is 5.26. The summed E-state index contributed by atoms with van der Waals surface area (Å²) in [5.74, 6) is -0.266. The van der Waals surface area contributed by atoms with Crippen molar-refractivity contribution in [2.45, 2.75) is 50.7 Å². The number of halogens is 1. The molecule has 142 valence electrons. The second-order valence-electron chi connectivity index (χ2n) is 7.29. The second kappa shape index (κ2) is 8.27. The number of hydrogen-bond acceptors (Lipinski definition) is 4. The molecule has 2 fully saturated rings. The summed E-state index contributed by atoms with van der Waals surface area (Å²) in [4.78, 5) is 26.2. The van der Waals surface area contributed by atoms with Crippen molar-refractivity contribution in [2.75, 3.05) is 26.2 Å². The summed E-state index contributed by atoms with van der Waals surface area (Å²) >= 11 is 0. The first kappa shape index (κ1) is 19.0. The van der Waals surface area contributed by atoms with E-state index >= 15 is 0 Å². The third-order valence-electron chi connectivity index (χ3n) is 5.45.